The molecule has 0 aliphatic rings. The van der Waals surface area contributed by atoms with E-state index in [2.05, 4.69) is 4.98 Å². The van der Waals surface area contributed by atoms with Gasteiger partial charge in [0.25, 0.3) is 5.91 Å². The molecule has 0 fully saturated rings. The molecule has 1 aromatic rings. The van der Waals surface area contributed by atoms with Crippen LogP contribution in [-0.4, -0.2) is 58.0 Å². The maximum atomic E-state index is 12.3. The van der Waals surface area contributed by atoms with E-state index >= 15 is 0 Å². The van der Waals surface area contributed by atoms with Crippen LogP contribution in [0.5, 0.6) is 0 Å². The lowest BCUT2D eigenvalue weighted by Gasteiger charge is -2.25. The van der Waals surface area contributed by atoms with Crippen LogP contribution in [0.25, 0.3) is 0 Å². The van der Waals surface area contributed by atoms with Crippen molar-refractivity contribution in [2.24, 2.45) is 0 Å². The van der Waals surface area contributed by atoms with E-state index in [1.54, 1.807) is 19.9 Å². The molecule has 0 saturated carbocycles. The lowest BCUT2D eigenvalue weighted by molar-refractivity contribution is -0.137. The van der Waals surface area contributed by atoms with Crippen LogP contribution in [0.1, 0.15) is 28.2 Å². The first-order valence-electron chi connectivity index (χ1n) is 6.45. The van der Waals surface area contributed by atoms with Crippen LogP contribution in [-0.2, 0) is 0 Å². The average molecular weight is 308 g/mol. The molecule has 5 nitrogen and oxygen atoms in total. The Morgan fingerprint density at radius 2 is 2.05 bits per heavy atom. The Balaban J connectivity index is 2.89. The van der Waals surface area contributed by atoms with Crippen LogP contribution in [0.3, 0.4) is 0 Å². The Morgan fingerprint density at radius 1 is 1.43 bits per heavy atom. The number of rotatable bonds is 6. The summed E-state index contributed by atoms with van der Waals surface area (Å²) in [5.41, 5.74) is 1.53. The van der Waals surface area contributed by atoms with Crippen LogP contribution in [0.2, 0.25) is 0 Å². The van der Waals surface area contributed by atoms with Gasteiger partial charge in [0.2, 0.25) is 0 Å². The van der Waals surface area contributed by atoms with E-state index in [-0.39, 0.29) is 12.2 Å². The van der Waals surface area contributed by atoms with Crippen molar-refractivity contribution in [3.63, 3.8) is 0 Å². The van der Waals surface area contributed by atoms with Crippen LogP contribution >= 0.6 is 0 Å². The van der Waals surface area contributed by atoms with Gasteiger partial charge in [-0.3, -0.25) is 4.79 Å². The zero-order chi connectivity index (χ0) is 16.2. The third kappa shape index (κ3) is 5.39. The maximum Gasteiger partial charge on any atom is 0.390 e. The molecule has 0 bridgehead atoms. The first kappa shape index (κ1) is 17.5. The standard InChI is InChI=1S/C13H19F3N2O3/c1-8-5-9(2)17-11(8)12(21)18(6-10(20)7-19)4-3-13(14,15)16/h5,10,17,19-20H,3-4,6-7H2,1-2H3/t10-/m0/s1. The first-order valence-corrected chi connectivity index (χ1v) is 6.45. The Bertz CT molecular complexity index is 485. The van der Waals surface area contributed by atoms with Crippen LogP contribution in [0, 0.1) is 13.8 Å². The number of hydrogen-bond acceptors (Lipinski definition) is 3. The number of aliphatic hydroxyl groups is 2. The number of aromatic amines is 1. The molecule has 120 valence electrons. The number of hydrogen-bond donors (Lipinski definition) is 3. The molecule has 0 aliphatic carbocycles. The molecule has 0 radical (unpaired) electrons. The number of carbonyl (C=O) groups excluding carboxylic acids is 1. The summed E-state index contributed by atoms with van der Waals surface area (Å²) in [6, 6.07) is 1.71. The van der Waals surface area contributed by atoms with Gasteiger partial charge in [-0.1, -0.05) is 0 Å². The molecule has 0 aliphatic heterocycles. The minimum Gasteiger partial charge on any atom is -0.394 e. The molecule has 1 amide bonds. The summed E-state index contributed by atoms with van der Waals surface area (Å²) in [4.78, 5) is 16.0. The molecule has 1 aromatic heterocycles. The van der Waals surface area contributed by atoms with Gasteiger partial charge in [-0.2, -0.15) is 13.2 Å². The summed E-state index contributed by atoms with van der Waals surface area (Å²) >= 11 is 0. The van der Waals surface area contributed by atoms with E-state index in [1.165, 1.54) is 0 Å². The predicted octanol–water partition coefficient (Wildman–Crippen LogP) is 1.38. The molecule has 0 saturated heterocycles. The molecule has 0 aromatic carbocycles. The number of nitrogens with one attached hydrogen (secondary N) is 1. The van der Waals surface area contributed by atoms with Gasteiger partial charge in [0, 0.05) is 18.8 Å². The third-order valence-electron chi connectivity index (χ3n) is 2.96. The van der Waals surface area contributed by atoms with Crippen molar-refractivity contribution in [1.29, 1.82) is 0 Å². The Kier molecular flexibility index (Phi) is 5.79. The zero-order valence-corrected chi connectivity index (χ0v) is 11.9. The number of amides is 1. The molecule has 21 heavy (non-hydrogen) atoms. The minimum absolute atomic E-state index is 0.194. The third-order valence-corrected chi connectivity index (χ3v) is 2.96. The lowest BCUT2D eigenvalue weighted by atomic mass is 10.2. The van der Waals surface area contributed by atoms with Gasteiger partial charge in [0.05, 0.1) is 19.1 Å². The van der Waals surface area contributed by atoms with Gasteiger partial charge < -0.3 is 20.1 Å². The summed E-state index contributed by atoms with van der Waals surface area (Å²) in [5, 5.41) is 18.2. The van der Waals surface area contributed by atoms with E-state index in [4.69, 9.17) is 5.11 Å². The summed E-state index contributed by atoms with van der Waals surface area (Å²) in [5.74, 6) is -0.627. The fraction of sp³-hybridized carbons (Fsp3) is 0.615. The molecule has 1 heterocycles. The average Bonchev–Trinajstić information content (AvgIpc) is 2.71. The first-order chi connectivity index (χ1) is 9.64. The van der Waals surface area contributed by atoms with E-state index in [9.17, 15) is 23.1 Å². The normalized spacial score (nSPS) is 13.3. The Hall–Kier alpha value is -1.54. The second kappa shape index (κ2) is 6.95. The van der Waals surface area contributed by atoms with Gasteiger partial charge in [0.1, 0.15) is 5.69 Å². The van der Waals surface area contributed by atoms with Crippen LogP contribution < -0.4 is 0 Å². The van der Waals surface area contributed by atoms with E-state index in [0.29, 0.717) is 11.3 Å². The number of aryl methyl sites for hydroxylation is 2. The van der Waals surface area contributed by atoms with Crippen LogP contribution in [0.4, 0.5) is 13.2 Å². The largest absolute Gasteiger partial charge is 0.394 e. The molecule has 3 N–H and O–H groups in total. The van der Waals surface area contributed by atoms with Crippen molar-refractivity contribution >= 4 is 5.91 Å². The highest BCUT2D eigenvalue weighted by molar-refractivity contribution is 5.94. The van der Waals surface area contributed by atoms with Crippen molar-refractivity contribution in [2.75, 3.05) is 19.7 Å². The molecule has 1 rings (SSSR count). The quantitative estimate of drug-likeness (QED) is 0.743. The Morgan fingerprint density at radius 3 is 2.48 bits per heavy atom. The van der Waals surface area contributed by atoms with Crippen molar-refractivity contribution < 1.29 is 28.2 Å². The van der Waals surface area contributed by atoms with Gasteiger partial charge >= 0.3 is 6.18 Å². The molecule has 1 atom stereocenters. The molecule has 0 spiro atoms. The van der Waals surface area contributed by atoms with E-state index in [1.807, 2.05) is 0 Å². The highest BCUT2D eigenvalue weighted by atomic mass is 19.4. The summed E-state index contributed by atoms with van der Waals surface area (Å²) in [6.07, 6.45) is -6.85. The number of carbonyl (C=O) groups is 1. The van der Waals surface area contributed by atoms with Gasteiger partial charge in [-0.05, 0) is 25.5 Å². The summed E-state index contributed by atoms with van der Waals surface area (Å²) < 4.78 is 37.0. The monoisotopic (exact) mass is 308 g/mol. The second-order valence-electron chi connectivity index (χ2n) is 4.96. The van der Waals surface area contributed by atoms with Crippen molar-refractivity contribution in [2.45, 2.75) is 32.5 Å². The zero-order valence-electron chi connectivity index (χ0n) is 11.9. The van der Waals surface area contributed by atoms with Crippen LogP contribution in [0.15, 0.2) is 6.07 Å². The predicted molar refractivity (Wildman–Crippen MR) is 69.9 cm³/mol. The fourth-order valence-corrected chi connectivity index (χ4v) is 1.96. The maximum absolute atomic E-state index is 12.3. The fourth-order valence-electron chi connectivity index (χ4n) is 1.96. The summed E-state index contributed by atoms with van der Waals surface area (Å²) in [7, 11) is 0. The van der Waals surface area contributed by atoms with Crippen molar-refractivity contribution in [3.8, 4) is 0 Å². The number of halogens is 3. The number of alkyl halides is 3. The van der Waals surface area contributed by atoms with Crippen molar-refractivity contribution in [3.05, 3.63) is 23.0 Å². The number of nitrogens with zero attached hydrogens (tertiary/aromatic N) is 1. The molecular weight excluding hydrogens is 289 g/mol. The van der Waals surface area contributed by atoms with Gasteiger partial charge in [-0.15, -0.1) is 0 Å². The highest BCUT2D eigenvalue weighted by Crippen LogP contribution is 2.21. The number of H-pyrrole nitrogens is 1. The van der Waals surface area contributed by atoms with E-state index < -0.39 is 37.8 Å². The van der Waals surface area contributed by atoms with Crippen molar-refractivity contribution in [1.82, 2.24) is 9.88 Å². The highest BCUT2D eigenvalue weighted by Gasteiger charge is 2.30. The Labute approximate surface area is 120 Å². The molecule has 0 unspecified atom stereocenters. The van der Waals surface area contributed by atoms with Gasteiger partial charge in [-0.25, -0.2) is 0 Å². The lowest BCUT2D eigenvalue weighted by Crippen LogP contribution is -2.41. The summed E-state index contributed by atoms with van der Waals surface area (Å²) in [6.45, 7) is 1.84. The topological polar surface area (TPSA) is 76.6 Å². The number of aliphatic hydroxyl groups excluding tert-OH is 2. The molecular formula is C13H19F3N2O3. The second-order valence-corrected chi connectivity index (χ2v) is 4.96. The van der Waals surface area contributed by atoms with E-state index in [0.717, 1.165) is 4.90 Å². The number of aromatic nitrogens is 1. The van der Waals surface area contributed by atoms with Gasteiger partial charge in [0.15, 0.2) is 0 Å². The molecule has 8 heteroatoms. The smallest absolute Gasteiger partial charge is 0.390 e. The minimum atomic E-state index is -4.40. The SMILES string of the molecule is Cc1cc(C)c(C(=O)N(CCC(F)(F)F)C[C@H](O)CO)[nH]1.